The number of halogens is 3. The monoisotopic (exact) mass is 441 g/mol. The number of amides is 1. The maximum Gasteiger partial charge on any atom is 0.433 e. The Labute approximate surface area is 180 Å². The van der Waals surface area contributed by atoms with Crippen molar-refractivity contribution in [1.82, 2.24) is 24.9 Å². The lowest BCUT2D eigenvalue weighted by atomic mass is 10.1. The van der Waals surface area contributed by atoms with Gasteiger partial charge in [0.15, 0.2) is 5.69 Å². The summed E-state index contributed by atoms with van der Waals surface area (Å²) in [6.07, 6.45) is -4.73. The van der Waals surface area contributed by atoms with Gasteiger partial charge in [-0.3, -0.25) is 4.79 Å². The molecule has 0 aliphatic carbocycles. The highest BCUT2D eigenvalue weighted by Gasteiger charge is 2.36. The smallest absolute Gasteiger partial charge is 0.433 e. The van der Waals surface area contributed by atoms with Crippen molar-refractivity contribution < 1.29 is 22.7 Å². The zero-order valence-electron chi connectivity index (χ0n) is 17.1. The van der Waals surface area contributed by atoms with Gasteiger partial charge in [-0.05, 0) is 48.4 Å². The predicted octanol–water partition coefficient (Wildman–Crippen LogP) is 4.06. The van der Waals surface area contributed by atoms with Crippen LogP contribution in [0.15, 0.2) is 54.6 Å². The van der Waals surface area contributed by atoms with Gasteiger partial charge in [-0.2, -0.15) is 22.7 Å². The molecule has 2 heterocycles. The van der Waals surface area contributed by atoms with Crippen molar-refractivity contribution >= 4 is 11.7 Å². The van der Waals surface area contributed by atoms with Crippen molar-refractivity contribution in [1.29, 1.82) is 0 Å². The number of rotatable bonds is 5. The lowest BCUT2D eigenvalue weighted by Crippen LogP contribution is -2.24. The van der Waals surface area contributed by atoms with Crippen molar-refractivity contribution in [2.75, 3.05) is 7.11 Å². The highest BCUT2D eigenvalue weighted by molar-refractivity contribution is 5.90. The number of aryl methyl sites for hydroxylation is 1. The van der Waals surface area contributed by atoms with Crippen LogP contribution >= 0.6 is 0 Å². The fourth-order valence-electron chi connectivity index (χ4n) is 3.14. The zero-order chi connectivity index (χ0) is 22.9. The van der Waals surface area contributed by atoms with Crippen LogP contribution in [0.25, 0.3) is 17.0 Å². The van der Waals surface area contributed by atoms with Crippen LogP contribution in [-0.4, -0.2) is 32.6 Å². The second-order valence-electron chi connectivity index (χ2n) is 7.01. The standard InChI is InChI=1S/C22H18F3N5O2/c1-13-5-3-4-6-15(13)12-26-20(31)19-28-21-27-17(14-7-9-16(32-2)10-8-14)11-18(22(23,24)25)30(21)29-19/h3-11H,12H2,1-2H3,(H,26,31). The van der Waals surface area contributed by atoms with E-state index in [4.69, 9.17) is 4.74 Å². The average Bonchev–Trinajstić information content (AvgIpc) is 3.21. The summed E-state index contributed by atoms with van der Waals surface area (Å²) in [5.41, 5.74) is 1.25. The van der Waals surface area contributed by atoms with E-state index in [0.717, 1.165) is 17.2 Å². The molecule has 0 saturated carbocycles. The van der Waals surface area contributed by atoms with E-state index in [2.05, 4.69) is 20.4 Å². The summed E-state index contributed by atoms with van der Waals surface area (Å²) in [5, 5.41) is 6.40. The van der Waals surface area contributed by atoms with Crippen LogP contribution in [0, 0.1) is 6.92 Å². The fourth-order valence-corrected chi connectivity index (χ4v) is 3.14. The molecule has 0 unspecified atom stereocenters. The molecular weight excluding hydrogens is 423 g/mol. The fraction of sp³-hybridized carbons (Fsp3) is 0.182. The highest BCUT2D eigenvalue weighted by atomic mass is 19.4. The quantitative estimate of drug-likeness (QED) is 0.505. The molecule has 164 valence electrons. The Morgan fingerprint density at radius 1 is 1.09 bits per heavy atom. The van der Waals surface area contributed by atoms with Gasteiger partial charge in [0, 0.05) is 12.1 Å². The summed E-state index contributed by atoms with van der Waals surface area (Å²) >= 11 is 0. The average molecular weight is 441 g/mol. The largest absolute Gasteiger partial charge is 0.497 e. The third-order valence-electron chi connectivity index (χ3n) is 4.89. The summed E-state index contributed by atoms with van der Waals surface area (Å²) in [7, 11) is 1.49. The molecule has 0 aliphatic rings. The molecule has 0 aliphatic heterocycles. The first-order valence-corrected chi connectivity index (χ1v) is 9.58. The SMILES string of the molecule is COc1ccc(-c2cc(C(F)(F)F)n3nc(C(=O)NCc4ccccc4C)nc3n2)cc1. The molecular formula is C22H18F3N5O2. The Hall–Kier alpha value is -3.95. The van der Waals surface area contributed by atoms with E-state index >= 15 is 0 Å². The minimum absolute atomic E-state index is 0.0479. The molecule has 1 amide bonds. The normalized spacial score (nSPS) is 11.5. The maximum absolute atomic E-state index is 13.7. The Balaban J connectivity index is 1.70. The van der Waals surface area contributed by atoms with Gasteiger partial charge in [-0.15, -0.1) is 5.10 Å². The van der Waals surface area contributed by atoms with Crippen molar-refractivity contribution in [2.24, 2.45) is 0 Å². The van der Waals surface area contributed by atoms with Crippen LogP contribution in [0.5, 0.6) is 5.75 Å². The topological polar surface area (TPSA) is 81.4 Å². The number of nitrogens with zero attached hydrogens (tertiary/aromatic N) is 4. The minimum Gasteiger partial charge on any atom is -0.497 e. The molecule has 1 N–H and O–H groups in total. The zero-order valence-corrected chi connectivity index (χ0v) is 17.1. The van der Waals surface area contributed by atoms with Crippen LogP contribution in [0.2, 0.25) is 0 Å². The summed E-state index contributed by atoms with van der Waals surface area (Å²) in [6.45, 7) is 2.09. The van der Waals surface area contributed by atoms with Gasteiger partial charge >= 0.3 is 6.18 Å². The van der Waals surface area contributed by atoms with Crippen molar-refractivity contribution in [3.8, 4) is 17.0 Å². The van der Waals surface area contributed by atoms with E-state index in [1.807, 2.05) is 31.2 Å². The molecule has 10 heteroatoms. The molecule has 0 spiro atoms. The van der Waals surface area contributed by atoms with E-state index in [-0.39, 0.29) is 18.0 Å². The predicted molar refractivity (Wildman–Crippen MR) is 110 cm³/mol. The number of benzene rings is 2. The molecule has 0 atom stereocenters. The molecule has 0 bridgehead atoms. The van der Waals surface area contributed by atoms with Gasteiger partial charge in [-0.25, -0.2) is 4.98 Å². The molecule has 7 nitrogen and oxygen atoms in total. The number of carbonyl (C=O) groups is 1. The van der Waals surface area contributed by atoms with Crippen molar-refractivity contribution in [3.05, 3.63) is 77.2 Å². The number of fused-ring (bicyclic) bond motifs is 1. The highest BCUT2D eigenvalue weighted by Crippen LogP contribution is 2.32. The summed E-state index contributed by atoms with van der Waals surface area (Å²) < 4.78 is 46.8. The van der Waals surface area contributed by atoms with E-state index in [9.17, 15) is 18.0 Å². The van der Waals surface area contributed by atoms with Crippen LogP contribution < -0.4 is 10.1 Å². The van der Waals surface area contributed by atoms with E-state index in [1.165, 1.54) is 7.11 Å². The van der Waals surface area contributed by atoms with Gasteiger partial charge in [0.2, 0.25) is 5.82 Å². The Morgan fingerprint density at radius 3 is 2.47 bits per heavy atom. The first-order chi connectivity index (χ1) is 15.3. The summed E-state index contributed by atoms with van der Waals surface area (Å²) in [6, 6.07) is 14.7. The van der Waals surface area contributed by atoms with Crippen molar-refractivity contribution in [3.63, 3.8) is 0 Å². The first-order valence-electron chi connectivity index (χ1n) is 9.58. The lowest BCUT2D eigenvalue weighted by Gasteiger charge is -2.10. The molecule has 2 aromatic heterocycles. The number of alkyl halides is 3. The molecule has 4 rings (SSSR count). The van der Waals surface area contributed by atoms with E-state index in [0.29, 0.717) is 15.8 Å². The van der Waals surface area contributed by atoms with Crippen LogP contribution in [0.4, 0.5) is 13.2 Å². The summed E-state index contributed by atoms with van der Waals surface area (Å²) in [4.78, 5) is 20.6. The number of ether oxygens (including phenoxy) is 1. The van der Waals surface area contributed by atoms with Crippen LogP contribution in [0.1, 0.15) is 27.4 Å². The van der Waals surface area contributed by atoms with Crippen LogP contribution in [0.3, 0.4) is 0 Å². The molecule has 32 heavy (non-hydrogen) atoms. The Kier molecular flexibility index (Phi) is 5.52. The third kappa shape index (κ3) is 4.25. The number of aromatic nitrogens is 4. The lowest BCUT2D eigenvalue weighted by molar-refractivity contribution is -0.142. The van der Waals surface area contributed by atoms with Gasteiger partial charge < -0.3 is 10.1 Å². The Bertz CT molecular complexity index is 1280. The van der Waals surface area contributed by atoms with Gasteiger partial charge in [-0.1, -0.05) is 24.3 Å². The maximum atomic E-state index is 13.7. The summed E-state index contributed by atoms with van der Waals surface area (Å²) in [5.74, 6) is -0.867. The number of methoxy groups -OCH3 is 1. The number of carbonyl (C=O) groups excluding carboxylic acids is 1. The second kappa shape index (κ2) is 8.29. The number of hydrogen-bond donors (Lipinski definition) is 1. The number of hydrogen-bond acceptors (Lipinski definition) is 5. The second-order valence-corrected chi connectivity index (χ2v) is 7.01. The van der Waals surface area contributed by atoms with Crippen LogP contribution in [-0.2, 0) is 12.7 Å². The van der Waals surface area contributed by atoms with E-state index in [1.54, 1.807) is 24.3 Å². The third-order valence-corrected chi connectivity index (χ3v) is 4.89. The molecule has 0 radical (unpaired) electrons. The number of nitrogens with one attached hydrogen (secondary N) is 1. The van der Waals surface area contributed by atoms with Crippen molar-refractivity contribution in [2.45, 2.75) is 19.6 Å². The Morgan fingerprint density at radius 2 is 1.81 bits per heavy atom. The molecule has 0 saturated heterocycles. The van der Waals surface area contributed by atoms with E-state index < -0.39 is 23.6 Å². The minimum atomic E-state index is -4.73. The van der Waals surface area contributed by atoms with Gasteiger partial charge in [0.25, 0.3) is 11.7 Å². The van der Waals surface area contributed by atoms with Gasteiger partial charge in [0.05, 0.1) is 12.8 Å². The first kappa shape index (κ1) is 21.3. The molecule has 2 aromatic carbocycles. The molecule has 4 aromatic rings. The van der Waals surface area contributed by atoms with Gasteiger partial charge in [0.1, 0.15) is 5.75 Å². The molecule has 0 fully saturated rings.